The van der Waals surface area contributed by atoms with Crippen LogP contribution in [0.2, 0.25) is 0 Å². The van der Waals surface area contributed by atoms with Crippen LogP contribution in [0.1, 0.15) is 27.4 Å². The first kappa shape index (κ1) is 18.0. The lowest BCUT2D eigenvalue weighted by atomic mass is 9.83. The van der Waals surface area contributed by atoms with Gasteiger partial charge in [-0.2, -0.15) is 0 Å². The van der Waals surface area contributed by atoms with Crippen molar-refractivity contribution in [2.75, 3.05) is 7.11 Å². The number of hydrogen-bond donors (Lipinski definition) is 2. The summed E-state index contributed by atoms with van der Waals surface area (Å²) in [5.74, 6) is -0.0771. The Hall–Kier alpha value is -3.37. The predicted molar refractivity (Wildman–Crippen MR) is 110 cm³/mol. The van der Waals surface area contributed by atoms with Crippen LogP contribution in [0.4, 0.5) is 0 Å². The van der Waals surface area contributed by atoms with Crippen molar-refractivity contribution in [3.63, 3.8) is 0 Å². The average Bonchev–Trinajstić information content (AvgIpc) is 3.18. The Labute approximate surface area is 163 Å². The highest BCUT2D eigenvalue weighted by Gasteiger charge is 2.31. The van der Waals surface area contributed by atoms with Gasteiger partial charge < -0.3 is 14.8 Å². The first-order valence-electron chi connectivity index (χ1n) is 9.16. The molecular formula is C24H21NO3. The number of rotatable bonds is 6. The van der Waals surface area contributed by atoms with Crippen molar-refractivity contribution in [3.05, 3.63) is 102 Å². The number of carbonyl (C=O) groups excluding carboxylic acids is 1. The molecule has 0 bridgehead atoms. The van der Waals surface area contributed by atoms with Crippen molar-refractivity contribution in [3.8, 4) is 5.75 Å². The summed E-state index contributed by atoms with van der Waals surface area (Å²) in [6.45, 7) is 0. The van der Waals surface area contributed by atoms with E-state index in [1.165, 1.54) is 0 Å². The van der Waals surface area contributed by atoms with Crippen molar-refractivity contribution >= 4 is 16.7 Å². The zero-order chi connectivity index (χ0) is 19.5. The molecular weight excluding hydrogens is 350 g/mol. The normalized spacial score (nSPS) is 13.2. The van der Waals surface area contributed by atoms with Crippen LogP contribution < -0.4 is 4.74 Å². The lowest BCUT2D eigenvalue weighted by molar-refractivity contribution is 0.0716. The summed E-state index contributed by atoms with van der Waals surface area (Å²) >= 11 is 0. The maximum absolute atomic E-state index is 13.0. The maximum Gasteiger partial charge on any atom is 0.192 e. The number of para-hydroxylation sites is 1. The van der Waals surface area contributed by atoms with Gasteiger partial charge in [-0.05, 0) is 29.3 Å². The van der Waals surface area contributed by atoms with E-state index in [1.54, 1.807) is 31.4 Å². The third kappa shape index (κ3) is 3.30. The number of H-pyrrole nitrogens is 1. The van der Waals surface area contributed by atoms with Gasteiger partial charge in [0.2, 0.25) is 0 Å². The molecule has 0 spiro atoms. The van der Waals surface area contributed by atoms with E-state index in [0.717, 1.165) is 27.8 Å². The van der Waals surface area contributed by atoms with Crippen LogP contribution in [0.25, 0.3) is 10.9 Å². The van der Waals surface area contributed by atoms with Crippen LogP contribution in [0.5, 0.6) is 5.75 Å². The number of ether oxygens (including phenoxy) is 1. The van der Waals surface area contributed by atoms with Gasteiger partial charge in [0.05, 0.1) is 7.11 Å². The molecule has 1 heterocycles. The van der Waals surface area contributed by atoms with E-state index < -0.39 is 12.0 Å². The van der Waals surface area contributed by atoms with Gasteiger partial charge in [0.25, 0.3) is 0 Å². The summed E-state index contributed by atoms with van der Waals surface area (Å²) in [4.78, 5) is 16.3. The third-order valence-electron chi connectivity index (χ3n) is 5.07. The molecule has 0 saturated carbocycles. The van der Waals surface area contributed by atoms with Crippen LogP contribution in [0.3, 0.4) is 0 Å². The lowest BCUT2D eigenvalue weighted by Crippen LogP contribution is -2.29. The van der Waals surface area contributed by atoms with Gasteiger partial charge in [-0.25, -0.2) is 0 Å². The average molecular weight is 371 g/mol. The standard InChI is InChI=1S/C24H21NO3/c1-28-18-13-11-16(12-14-18)22(20-15-25-21-10-6-5-9-19(20)21)24(27)23(26)17-7-3-2-4-8-17/h2-15,22,24-25,27H,1H3/t22-,24-/m0/s1. The Balaban J connectivity index is 1.82. The molecule has 0 unspecified atom stereocenters. The molecule has 2 N–H and O–H groups in total. The molecule has 3 aromatic carbocycles. The van der Waals surface area contributed by atoms with Gasteiger partial charge >= 0.3 is 0 Å². The van der Waals surface area contributed by atoms with Gasteiger partial charge in [0.1, 0.15) is 11.9 Å². The van der Waals surface area contributed by atoms with Crippen molar-refractivity contribution in [1.82, 2.24) is 4.98 Å². The Morgan fingerprint density at radius 1 is 0.929 bits per heavy atom. The van der Waals surface area contributed by atoms with Crippen molar-refractivity contribution < 1.29 is 14.6 Å². The summed E-state index contributed by atoms with van der Waals surface area (Å²) in [7, 11) is 1.61. The number of methoxy groups -OCH3 is 1. The molecule has 4 aromatic rings. The van der Waals surface area contributed by atoms with Gasteiger partial charge in [-0.15, -0.1) is 0 Å². The minimum absolute atomic E-state index is 0.299. The molecule has 4 rings (SSSR count). The van der Waals surface area contributed by atoms with Crippen LogP contribution in [-0.2, 0) is 0 Å². The van der Waals surface area contributed by atoms with Crippen LogP contribution >= 0.6 is 0 Å². The fourth-order valence-corrected chi connectivity index (χ4v) is 3.62. The summed E-state index contributed by atoms with van der Waals surface area (Å²) in [5, 5.41) is 12.1. The van der Waals surface area contributed by atoms with Crippen LogP contribution in [0.15, 0.2) is 85.1 Å². The maximum atomic E-state index is 13.0. The zero-order valence-corrected chi connectivity index (χ0v) is 15.5. The second-order valence-electron chi connectivity index (χ2n) is 6.72. The number of aromatic amines is 1. The number of ketones is 1. The molecule has 0 radical (unpaired) electrons. The molecule has 140 valence electrons. The Morgan fingerprint density at radius 3 is 2.32 bits per heavy atom. The minimum atomic E-state index is -1.21. The Kier molecular flexibility index (Phi) is 4.96. The molecule has 4 nitrogen and oxygen atoms in total. The quantitative estimate of drug-likeness (QED) is 0.489. The molecule has 28 heavy (non-hydrogen) atoms. The van der Waals surface area contributed by atoms with E-state index in [9.17, 15) is 9.90 Å². The van der Waals surface area contributed by atoms with Gasteiger partial charge in [0.15, 0.2) is 5.78 Å². The number of aliphatic hydroxyl groups excluding tert-OH is 1. The highest BCUT2D eigenvalue weighted by Crippen LogP contribution is 2.35. The number of aromatic nitrogens is 1. The van der Waals surface area contributed by atoms with E-state index in [0.29, 0.717) is 5.56 Å². The van der Waals surface area contributed by atoms with E-state index in [-0.39, 0.29) is 5.78 Å². The predicted octanol–water partition coefficient (Wildman–Crippen LogP) is 4.55. The van der Waals surface area contributed by atoms with E-state index in [4.69, 9.17) is 4.74 Å². The van der Waals surface area contributed by atoms with Crippen LogP contribution in [-0.4, -0.2) is 29.1 Å². The third-order valence-corrected chi connectivity index (χ3v) is 5.07. The number of carbonyl (C=O) groups is 1. The number of aliphatic hydroxyl groups is 1. The van der Waals surface area contributed by atoms with Gasteiger partial charge in [-0.3, -0.25) is 4.79 Å². The highest BCUT2D eigenvalue weighted by molar-refractivity contribution is 6.00. The number of fused-ring (bicyclic) bond motifs is 1. The van der Waals surface area contributed by atoms with Crippen LogP contribution in [0, 0.1) is 0 Å². The van der Waals surface area contributed by atoms with E-state index in [1.807, 2.05) is 60.8 Å². The first-order chi connectivity index (χ1) is 13.7. The largest absolute Gasteiger partial charge is 0.497 e. The molecule has 0 amide bonds. The number of benzene rings is 3. The smallest absolute Gasteiger partial charge is 0.192 e. The summed E-state index contributed by atoms with van der Waals surface area (Å²) in [5.41, 5.74) is 3.20. The monoisotopic (exact) mass is 371 g/mol. The number of nitrogens with one attached hydrogen (secondary N) is 1. The number of Topliss-reactive ketones (excluding diaryl/α,β-unsaturated/α-hetero) is 1. The molecule has 1 aromatic heterocycles. The molecule has 4 heteroatoms. The summed E-state index contributed by atoms with van der Waals surface area (Å²) in [6.07, 6.45) is 0.663. The topological polar surface area (TPSA) is 62.3 Å². The van der Waals surface area contributed by atoms with Crippen molar-refractivity contribution in [1.29, 1.82) is 0 Å². The molecule has 0 aliphatic heterocycles. The second-order valence-corrected chi connectivity index (χ2v) is 6.72. The van der Waals surface area contributed by atoms with Gasteiger partial charge in [-0.1, -0.05) is 60.7 Å². The Bertz CT molecular complexity index is 1080. The lowest BCUT2D eigenvalue weighted by Gasteiger charge is -2.23. The molecule has 0 saturated heterocycles. The first-order valence-corrected chi connectivity index (χ1v) is 9.16. The molecule has 0 aliphatic rings. The SMILES string of the molecule is COc1ccc([C@@H](c2c[nH]c3ccccc23)[C@H](O)C(=O)c2ccccc2)cc1. The van der Waals surface area contributed by atoms with Crippen molar-refractivity contribution in [2.24, 2.45) is 0 Å². The second kappa shape index (κ2) is 7.71. The summed E-state index contributed by atoms with van der Waals surface area (Å²) in [6, 6.07) is 24.3. The molecule has 2 atom stereocenters. The van der Waals surface area contributed by atoms with Gasteiger partial charge in [0, 0.05) is 28.6 Å². The zero-order valence-electron chi connectivity index (χ0n) is 15.5. The summed E-state index contributed by atoms with van der Waals surface area (Å²) < 4.78 is 5.25. The number of hydrogen-bond acceptors (Lipinski definition) is 3. The minimum Gasteiger partial charge on any atom is -0.497 e. The molecule has 0 fully saturated rings. The fraction of sp³-hybridized carbons (Fsp3) is 0.125. The van der Waals surface area contributed by atoms with E-state index in [2.05, 4.69) is 4.98 Å². The Morgan fingerprint density at radius 2 is 1.61 bits per heavy atom. The van der Waals surface area contributed by atoms with E-state index >= 15 is 0 Å². The highest BCUT2D eigenvalue weighted by atomic mass is 16.5. The van der Waals surface area contributed by atoms with Crippen molar-refractivity contribution in [2.45, 2.75) is 12.0 Å². The fourth-order valence-electron chi connectivity index (χ4n) is 3.62. The molecule has 0 aliphatic carbocycles.